The fourth-order valence-electron chi connectivity index (χ4n) is 2.58. The molecule has 7 nitrogen and oxygen atoms in total. The summed E-state index contributed by atoms with van der Waals surface area (Å²) in [6, 6.07) is 11.6. The van der Waals surface area contributed by atoms with Crippen molar-refractivity contribution in [1.82, 2.24) is 0 Å². The van der Waals surface area contributed by atoms with Gasteiger partial charge in [-0.1, -0.05) is 32.9 Å². The Bertz CT molecular complexity index is 1010. The molecular formula is C20H26BrN3O4S. The second-order valence-electron chi connectivity index (χ2n) is 7.34. The van der Waals surface area contributed by atoms with Crippen LogP contribution >= 0.6 is 15.9 Å². The van der Waals surface area contributed by atoms with Crippen LogP contribution in [0.25, 0.3) is 0 Å². The molecule has 0 aromatic heterocycles. The largest absolute Gasteiger partial charge is 0.497 e. The molecule has 0 fully saturated rings. The van der Waals surface area contributed by atoms with Crippen LogP contribution in [0, 0.1) is 0 Å². The Kier molecular flexibility index (Phi) is 6.87. The molecule has 9 heteroatoms. The number of rotatable bonds is 6. The van der Waals surface area contributed by atoms with Gasteiger partial charge in [0.2, 0.25) is 9.84 Å². The van der Waals surface area contributed by atoms with Crippen LogP contribution in [0.15, 0.2) is 57.0 Å². The lowest BCUT2D eigenvalue weighted by Gasteiger charge is -2.22. The van der Waals surface area contributed by atoms with Crippen molar-refractivity contribution in [3.05, 3.63) is 57.7 Å². The number of sulfone groups is 1. The first-order chi connectivity index (χ1) is 13.4. The molecule has 0 heterocycles. The van der Waals surface area contributed by atoms with Gasteiger partial charge in [0, 0.05) is 6.07 Å². The van der Waals surface area contributed by atoms with Gasteiger partial charge in [-0.3, -0.25) is 5.01 Å². The summed E-state index contributed by atoms with van der Waals surface area (Å²) < 4.78 is 36.5. The molecule has 0 bridgehead atoms. The van der Waals surface area contributed by atoms with Crippen molar-refractivity contribution in [3.8, 4) is 11.5 Å². The fraction of sp³-hybridized carbons (Fsp3) is 0.300. The molecule has 2 aromatic carbocycles. The maximum absolute atomic E-state index is 13.0. The Labute approximate surface area is 180 Å². The van der Waals surface area contributed by atoms with Crippen molar-refractivity contribution in [2.75, 3.05) is 19.2 Å². The van der Waals surface area contributed by atoms with E-state index in [-0.39, 0.29) is 14.9 Å². The van der Waals surface area contributed by atoms with Crippen molar-refractivity contribution in [1.29, 1.82) is 0 Å². The Balaban J connectivity index is 2.48. The molecule has 0 atom stereocenters. The molecule has 0 unspecified atom stereocenters. The highest BCUT2D eigenvalue weighted by Crippen LogP contribution is 2.35. The van der Waals surface area contributed by atoms with Gasteiger partial charge in [0.05, 0.1) is 19.1 Å². The van der Waals surface area contributed by atoms with Crippen LogP contribution in [-0.2, 0) is 15.3 Å². The predicted octanol–water partition coefficient (Wildman–Crippen LogP) is 3.64. The van der Waals surface area contributed by atoms with E-state index in [4.69, 9.17) is 21.1 Å². The molecule has 4 N–H and O–H groups in total. The number of ether oxygens (including phenoxy) is 2. The quantitative estimate of drug-likeness (QED) is 0.366. The zero-order valence-electron chi connectivity index (χ0n) is 17.1. The van der Waals surface area contributed by atoms with Gasteiger partial charge in [-0.05, 0) is 51.2 Å². The average Bonchev–Trinajstić information content (AvgIpc) is 2.70. The number of hydrogen-bond donors (Lipinski definition) is 2. The van der Waals surface area contributed by atoms with Gasteiger partial charge in [-0.25, -0.2) is 14.3 Å². The summed E-state index contributed by atoms with van der Waals surface area (Å²) in [7, 11) is -0.981. The minimum atomic E-state index is -3.97. The number of benzene rings is 2. The van der Waals surface area contributed by atoms with Crippen molar-refractivity contribution >= 4 is 31.5 Å². The van der Waals surface area contributed by atoms with E-state index in [0.717, 1.165) is 10.6 Å². The first-order valence-electron chi connectivity index (χ1n) is 8.71. The Morgan fingerprint density at radius 3 is 2.10 bits per heavy atom. The molecule has 0 aliphatic heterocycles. The molecule has 158 valence electrons. The van der Waals surface area contributed by atoms with Crippen LogP contribution in [0.1, 0.15) is 26.3 Å². The first-order valence-corrected chi connectivity index (χ1v) is 11.0. The molecule has 0 radical (unpaired) electrons. The second-order valence-corrected chi connectivity index (χ2v) is 10.0. The van der Waals surface area contributed by atoms with E-state index >= 15 is 0 Å². The van der Waals surface area contributed by atoms with Gasteiger partial charge in [-0.15, -0.1) is 0 Å². The zero-order valence-corrected chi connectivity index (χ0v) is 19.5. The maximum Gasteiger partial charge on any atom is 0.224 e. The molecule has 0 saturated heterocycles. The van der Waals surface area contributed by atoms with Crippen LogP contribution in [0.5, 0.6) is 11.5 Å². The average molecular weight is 484 g/mol. The van der Waals surface area contributed by atoms with Crippen LogP contribution in [0.3, 0.4) is 0 Å². The fourth-order valence-corrected chi connectivity index (χ4v) is 4.48. The van der Waals surface area contributed by atoms with Crippen molar-refractivity contribution in [2.24, 2.45) is 11.6 Å². The summed E-state index contributed by atoms with van der Waals surface area (Å²) in [5.74, 6) is 7.09. The smallest absolute Gasteiger partial charge is 0.224 e. The molecule has 0 aliphatic rings. The topological polar surface area (TPSA) is 108 Å². The molecule has 0 saturated carbocycles. The van der Waals surface area contributed by atoms with Crippen LogP contribution < -0.4 is 26.1 Å². The Morgan fingerprint density at radius 2 is 1.62 bits per heavy atom. The highest BCUT2D eigenvalue weighted by Gasteiger charge is 2.26. The summed E-state index contributed by atoms with van der Waals surface area (Å²) in [5.41, 5.74) is 7.29. The number of hydrogen-bond acceptors (Lipinski definition) is 7. The maximum atomic E-state index is 13.0. The second kappa shape index (κ2) is 8.64. The van der Waals surface area contributed by atoms with E-state index in [1.807, 2.05) is 0 Å². The molecule has 0 aliphatic carbocycles. The third-order valence-electron chi connectivity index (χ3n) is 4.38. The van der Waals surface area contributed by atoms with Gasteiger partial charge in [-0.2, -0.15) is 0 Å². The van der Waals surface area contributed by atoms with Gasteiger partial charge >= 0.3 is 0 Å². The van der Waals surface area contributed by atoms with Crippen molar-refractivity contribution in [3.63, 3.8) is 0 Å². The van der Waals surface area contributed by atoms with Crippen molar-refractivity contribution < 1.29 is 17.9 Å². The summed E-state index contributed by atoms with van der Waals surface area (Å²) in [4.78, 5) is 0.0750. The third-order valence-corrected chi connectivity index (χ3v) is 7.12. The number of anilines is 1. The lowest BCUT2D eigenvalue weighted by Crippen LogP contribution is -2.32. The third kappa shape index (κ3) is 4.85. The minimum Gasteiger partial charge on any atom is -0.497 e. The lowest BCUT2D eigenvalue weighted by molar-refractivity contribution is 0.403. The summed E-state index contributed by atoms with van der Waals surface area (Å²) in [6.07, 6.45) is 0. The Hall–Kier alpha value is -2.23. The number of nitrogens with zero attached hydrogens (tertiary/aromatic N) is 1. The number of hydrazine groups is 1. The SMILES string of the molecule is COc1ccc(OC)c(N(N)/C(Br)=C(\N)S(=O)(=O)c2ccc(C(C)(C)C)cc2)c1. The molecule has 0 amide bonds. The minimum absolute atomic E-state index is 0.0241. The normalized spacial score (nSPS) is 12.9. The van der Waals surface area contributed by atoms with Crippen LogP contribution in [0.4, 0.5) is 5.69 Å². The number of methoxy groups -OCH3 is 2. The van der Waals surface area contributed by atoms with E-state index in [1.165, 1.54) is 26.4 Å². The van der Waals surface area contributed by atoms with E-state index in [9.17, 15) is 8.42 Å². The molecule has 2 rings (SSSR count). The predicted molar refractivity (Wildman–Crippen MR) is 119 cm³/mol. The van der Waals surface area contributed by atoms with Gasteiger partial charge < -0.3 is 15.2 Å². The van der Waals surface area contributed by atoms with E-state index in [1.54, 1.807) is 30.3 Å². The highest BCUT2D eigenvalue weighted by molar-refractivity contribution is 9.11. The number of halogens is 1. The Morgan fingerprint density at radius 1 is 1.03 bits per heavy atom. The first kappa shape index (κ1) is 23.1. The summed E-state index contributed by atoms with van der Waals surface area (Å²) in [5, 5.41) is 0.672. The van der Waals surface area contributed by atoms with Crippen LogP contribution in [0.2, 0.25) is 0 Å². The monoisotopic (exact) mass is 483 g/mol. The molecule has 0 spiro atoms. The highest BCUT2D eigenvalue weighted by atomic mass is 79.9. The molecule has 29 heavy (non-hydrogen) atoms. The summed E-state index contributed by atoms with van der Waals surface area (Å²) in [6.45, 7) is 6.15. The van der Waals surface area contributed by atoms with E-state index in [0.29, 0.717) is 17.2 Å². The standard InChI is InChI=1S/C20H26BrN3O4S/c1-20(2,3)13-6-9-15(10-7-13)29(25,26)19(22)18(21)24(23)16-12-14(27-4)8-11-17(16)28-5/h6-12H,22-23H2,1-5H3/b19-18+. The molecular weight excluding hydrogens is 458 g/mol. The van der Waals surface area contributed by atoms with E-state index < -0.39 is 14.9 Å². The summed E-state index contributed by atoms with van der Waals surface area (Å²) >= 11 is 3.21. The van der Waals surface area contributed by atoms with Gasteiger partial charge in [0.25, 0.3) is 0 Å². The lowest BCUT2D eigenvalue weighted by atomic mass is 9.87. The van der Waals surface area contributed by atoms with Gasteiger partial charge in [0.15, 0.2) is 5.03 Å². The van der Waals surface area contributed by atoms with E-state index in [2.05, 4.69) is 36.7 Å². The zero-order chi connectivity index (χ0) is 22.0. The van der Waals surface area contributed by atoms with Gasteiger partial charge in [0.1, 0.15) is 21.8 Å². The van der Waals surface area contributed by atoms with Crippen LogP contribution in [-0.4, -0.2) is 22.6 Å². The number of nitrogens with two attached hydrogens (primary N) is 2. The molecule has 2 aromatic rings. The van der Waals surface area contributed by atoms with Crippen molar-refractivity contribution in [2.45, 2.75) is 31.1 Å².